The first-order valence-corrected chi connectivity index (χ1v) is 8.00. The van der Waals surface area contributed by atoms with Gasteiger partial charge in [-0.25, -0.2) is 0 Å². The maximum atomic E-state index is 6.02. The number of hydrogen-bond acceptors (Lipinski definition) is 3. The molecule has 2 N–H and O–H groups in total. The van der Waals surface area contributed by atoms with Gasteiger partial charge in [-0.05, 0) is 52.9 Å². The number of halogens is 1. The molecular formula is C16H19BrN2O. The van der Waals surface area contributed by atoms with Crippen molar-refractivity contribution in [3.8, 4) is 5.75 Å². The maximum Gasteiger partial charge on any atom is 0.145 e. The monoisotopic (exact) mass is 334 g/mol. The van der Waals surface area contributed by atoms with Crippen LogP contribution in [0.1, 0.15) is 32.1 Å². The Kier molecular flexibility index (Phi) is 4.10. The Balaban J connectivity index is 1.82. The topological polar surface area (TPSA) is 48.1 Å². The van der Waals surface area contributed by atoms with Crippen molar-refractivity contribution < 1.29 is 4.74 Å². The Labute approximate surface area is 127 Å². The first-order valence-electron chi connectivity index (χ1n) is 7.20. The SMILES string of the molecule is Nc1ccc(OCC2CCCCC2)c2ncc(Br)cc12. The molecule has 3 nitrogen and oxygen atoms in total. The van der Waals surface area contributed by atoms with Crippen LogP contribution in [0.25, 0.3) is 10.9 Å². The number of nitrogen functional groups attached to an aromatic ring is 1. The minimum Gasteiger partial charge on any atom is -0.491 e. The Morgan fingerprint density at radius 1 is 1.25 bits per heavy atom. The van der Waals surface area contributed by atoms with E-state index in [9.17, 15) is 0 Å². The lowest BCUT2D eigenvalue weighted by atomic mass is 9.90. The summed E-state index contributed by atoms with van der Waals surface area (Å²) in [6.07, 6.45) is 8.40. The van der Waals surface area contributed by atoms with E-state index >= 15 is 0 Å². The highest BCUT2D eigenvalue weighted by Crippen LogP contribution is 2.31. The lowest BCUT2D eigenvalue weighted by Crippen LogP contribution is -2.15. The summed E-state index contributed by atoms with van der Waals surface area (Å²) in [5, 5.41) is 0.945. The van der Waals surface area contributed by atoms with Gasteiger partial charge in [-0.15, -0.1) is 0 Å². The van der Waals surface area contributed by atoms with Crippen molar-refractivity contribution in [3.63, 3.8) is 0 Å². The maximum absolute atomic E-state index is 6.02. The quantitative estimate of drug-likeness (QED) is 0.838. The number of nitrogens with two attached hydrogens (primary N) is 1. The summed E-state index contributed by atoms with van der Waals surface area (Å²) in [6.45, 7) is 0.788. The summed E-state index contributed by atoms with van der Waals surface area (Å²) in [5.41, 5.74) is 7.60. The number of pyridine rings is 1. The molecule has 0 atom stereocenters. The van der Waals surface area contributed by atoms with Gasteiger partial charge in [-0.3, -0.25) is 4.98 Å². The molecule has 1 aliphatic carbocycles. The van der Waals surface area contributed by atoms with Crippen molar-refractivity contribution in [2.45, 2.75) is 32.1 Å². The molecule has 0 amide bonds. The molecule has 1 aromatic carbocycles. The van der Waals surface area contributed by atoms with E-state index in [4.69, 9.17) is 10.5 Å². The summed E-state index contributed by atoms with van der Waals surface area (Å²) in [7, 11) is 0. The standard InChI is InChI=1S/C16H19BrN2O/c17-12-8-13-14(18)6-7-15(16(13)19-9-12)20-10-11-4-2-1-3-5-11/h6-9,11H,1-5,10,18H2. The highest BCUT2D eigenvalue weighted by Gasteiger charge is 2.15. The van der Waals surface area contributed by atoms with Crippen LogP contribution in [-0.2, 0) is 0 Å². The van der Waals surface area contributed by atoms with E-state index in [0.717, 1.165) is 33.4 Å². The lowest BCUT2D eigenvalue weighted by Gasteiger charge is -2.22. The van der Waals surface area contributed by atoms with Crippen LogP contribution in [0.4, 0.5) is 5.69 Å². The van der Waals surface area contributed by atoms with E-state index in [0.29, 0.717) is 5.92 Å². The van der Waals surface area contributed by atoms with E-state index in [1.165, 1.54) is 32.1 Å². The molecule has 1 aromatic heterocycles. The minimum atomic E-state index is 0.687. The van der Waals surface area contributed by atoms with Crippen LogP contribution in [0, 0.1) is 5.92 Å². The highest BCUT2D eigenvalue weighted by molar-refractivity contribution is 9.10. The first kappa shape index (κ1) is 13.7. The number of rotatable bonds is 3. The molecule has 0 radical (unpaired) electrons. The Hall–Kier alpha value is -1.29. The molecule has 0 saturated heterocycles. The molecule has 0 aliphatic heterocycles. The fraction of sp³-hybridized carbons (Fsp3) is 0.438. The van der Waals surface area contributed by atoms with Crippen molar-refractivity contribution in [2.24, 2.45) is 5.92 Å². The lowest BCUT2D eigenvalue weighted by molar-refractivity contribution is 0.210. The second kappa shape index (κ2) is 6.00. The van der Waals surface area contributed by atoms with Crippen LogP contribution in [0.3, 0.4) is 0 Å². The summed E-state index contributed by atoms with van der Waals surface area (Å²) in [5.74, 6) is 1.53. The zero-order valence-corrected chi connectivity index (χ0v) is 13.0. The number of anilines is 1. The van der Waals surface area contributed by atoms with Gasteiger partial charge in [0.05, 0.1) is 6.61 Å². The molecule has 1 fully saturated rings. The molecule has 4 heteroatoms. The van der Waals surface area contributed by atoms with E-state index < -0.39 is 0 Å². The van der Waals surface area contributed by atoms with Crippen molar-refractivity contribution in [1.82, 2.24) is 4.98 Å². The fourth-order valence-corrected chi connectivity index (χ4v) is 3.20. The molecule has 1 heterocycles. The van der Waals surface area contributed by atoms with Gasteiger partial charge < -0.3 is 10.5 Å². The molecular weight excluding hydrogens is 316 g/mol. The molecule has 0 bridgehead atoms. The van der Waals surface area contributed by atoms with Crippen LogP contribution in [0.2, 0.25) is 0 Å². The largest absolute Gasteiger partial charge is 0.491 e. The summed E-state index contributed by atoms with van der Waals surface area (Å²) >= 11 is 3.43. The average Bonchev–Trinajstić information content (AvgIpc) is 2.48. The normalized spacial score (nSPS) is 16.4. The fourth-order valence-electron chi connectivity index (χ4n) is 2.87. The predicted octanol–water partition coefficient (Wildman–Crippen LogP) is 4.54. The molecule has 0 spiro atoms. The second-order valence-corrected chi connectivity index (χ2v) is 6.43. The van der Waals surface area contributed by atoms with Gasteiger partial charge in [0.1, 0.15) is 11.3 Å². The van der Waals surface area contributed by atoms with E-state index in [1.54, 1.807) is 6.20 Å². The Morgan fingerprint density at radius 2 is 2.05 bits per heavy atom. The summed E-state index contributed by atoms with van der Waals surface area (Å²) in [6, 6.07) is 5.82. The van der Waals surface area contributed by atoms with Gasteiger partial charge in [-0.1, -0.05) is 19.3 Å². The number of nitrogens with zero attached hydrogens (tertiary/aromatic N) is 1. The van der Waals surface area contributed by atoms with Gasteiger partial charge in [0, 0.05) is 21.7 Å². The number of hydrogen-bond donors (Lipinski definition) is 1. The van der Waals surface area contributed by atoms with Crippen molar-refractivity contribution in [1.29, 1.82) is 0 Å². The molecule has 106 valence electrons. The van der Waals surface area contributed by atoms with Crippen LogP contribution < -0.4 is 10.5 Å². The van der Waals surface area contributed by atoms with Crippen LogP contribution in [-0.4, -0.2) is 11.6 Å². The van der Waals surface area contributed by atoms with Gasteiger partial charge in [0.2, 0.25) is 0 Å². The van der Waals surface area contributed by atoms with Gasteiger partial charge in [0.25, 0.3) is 0 Å². The number of ether oxygens (including phenoxy) is 1. The summed E-state index contributed by atoms with van der Waals surface area (Å²) < 4.78 is 6.95. The molecule has 1 aliphatic rings. The van der Waals surface area contributed by atoms with E-state index in [1.807, 2.05) is 18.2 Å². The van der Waals surface area contributed by atoms with Crippen molar-refractivity contribution in [2.75, 3.05) is 12.3 Å². The second-order valence-electron chi connectivity index (χ2n) is 5.52. The zero-order chi connectivity index (χ0) is 13.9. The molecule has 3 rings (SSSR count). The van der Waals surface area contributed by atoms with Crippen LogP contribution in [0.5, 0.6) is 5.75 Å². The Bertz CT molecular complexity index is 609. The van der Waals surface area contributed by atoms with Gasteiger partial charge >= 0.3 is 0 Å². The molecule has 0 unspecified atom stereocenters. The van der Waals surface area contributed by atoms with Gasteiger partial charge in [0.15, 0.2) is 0 Å². The number of benzene rings is 1. The molecule has 1 saturated carbocycles. The van der Waals surface area contributed by atoms with Crippen molar-refractivity contribution >= 4 is 32.5 Å². The highest BCUT2D eigenvalue weighted by atomic mass is 79.9. The van der Waals surface area contributed by atoms with Crippen LogP contribution >= 0.6 is 15.9 Å². The third kappa shape index (κ3) is 2.90. The molecule has 2 aromatic rings. The number of fused-ring (bicyclic) bond motifs is 1. The zero-order valence-electron chi connectivity index (χ0n) is 11.4. The predicted molar refractivity (Wildman–Crippen MR) is 85.9 cm³/mol. The van der Waals surface area contributed by atoms with Crippen molar-refractivity contribution in [3.05, 3.63) is 28.9 Å². The average molecular weight is 335 g/mol. The van der Waals surface area contributed by atoms with E-state index in [2.05, 4.69) is 20.9 Å². The molecule has 20 heavy (non-hydrogen) atoms. The minimum absolute atomic E-state index is 0.687. The van der Waals surface area contributed by atoms with Crippen LogP contribution in [0.15, 0.2) is 28.9 Å². The smallest absolute Gasteiger partial charge is 0.145 e. The first-order chi connectivity index (χ1) is 9.74. The Morgan fingerprint density at radius 3 is 2.85 bits per heavy atom. The van der Waals surface area contributed by atoms with Gasteiger partial charge in [-0.2, -0.15) is 0 Å². The van der Waals surface area contributed by atoms with E-state index in [-0.39, 0.29) is 0 Å². The third-order valence-electron chi connectivity index (χ3n) is 4.01. The summed E-state index contributed by atoms with van der Waals surface area (Å²) in [4.78, 5) is 4.45. The third-order valence-corrected chi connectivity index (χ3v) is 4.45. The number of aromatic nitrogens is 1.